The molecule has 106 valence electrons. The molecule has 2 aromatic heterocycles. The van der Waals surface area contributed by atoms with Crippen molar-refractivity contribution in [3.63, 3.8) is 0 Å². The summed E-state index contributed by atoms with van der Waals surface area (Å²) < 4.78 is 1.45. The van der Waals surface area contributed by atoms with Crippen molar-refractivity contribution in [2.75, 3.05) is 11.9 Å². The number of aromatic nitrogens is 4. The summed E-state index contributed by atoms with van der Waals surface area (Å²) in [5, 5.41) is 17.6. The number of anilines is 1. The maximum atomic E-state index is 10.6. The van der Waals surface area contributed by atoms with E-state index in [4.69, 9.17) is 0 Å². The van der Waals surface area contributed by atoms with Crippen LogP contribution in [0, 0.1) is 17.0 Å². The van der Waals surface area contributed by atoms with Gasteiger partial charge in [-0.3, -0.25) is 0 Å². The van der Waals surface area contributed by atoms with E-state index in [0.717, 1.165) is 24.5 Å². The molecule has 2 heterocycles. The summed E-state index contributed by atoms with van der Waals surface area (Å²) in [6, 6.07) is 3.22. The van der Waals surface area contributed by atoms with Gasteiger partial charge < -0.3 is 15.4 Å². The van der Waals surface area contributed by atoms with Crippen LogP contribution in [0.15, 0.2) is 18.3 Å². The molecule has 2 rings (SSSR count). The number of aryl methyl sites for hydroxylation is 1. The van der Waals surface area contributed by atoms with Crippen molar-refractivity contribution in [3.8, 4) is 0 Å². The molecule has 0 aliphatic heterocycles. The summed E-state index contributed by atoms with van der Waals surface area (Å²) in [7, 11) is 0. The van der Waals surface area contributed by atoms with Gasteiger partial charge in [0.15, 0.2) is 5.82 Å². The number of hydrogen-bond acceptors (Lipinski definition) is 6. The zero-order chi connectivity index (χ0) is 14.5. The third-order valence-electron chi connectivity index (χ3n) is 2.57. The molecule has 0 spiro atoms. The molecule has 8 nitrogen and oxygen atoms in total. The Morgan fingerprint density at radius 1 is 1.45 bits per heavy atom. The zero-order valence-electron chi connectivity index (χ0n) is 11.4. The van der Waals surface area contributed by atoms with Crippen LogP contribution in [-0.2, 0) is 6.54 Å². The van der Waals surface area contributed by atoms with Crippen LogP contribution < -0.4 is 5.32 Å². The van der Waals surface area contributed by atoms with E-state index in [1.165, 1.54) is 10.7 Å². The Hall–Kier alpha value is -2.51. The minimum absolute atomic E-state index is 0.179. The lowest BCUT2D eigenvalue weighted by Gasteiger charge is -2.06. The van der Waals surface area contributed by atoms with Gasteiger partial charge in [0.1, 0.15) is 12.4 Å². The first-order valence-corrected chi connectivity index (χ1v) is 6.34. The predicted molar refractivity (Wildman–Crippen MR) is 73.5 cm³/mol. The highest BCUT2D eigenvalue weighted by molar-refractivity contribution is 5.35. The molecule has 20 heavy (non-hydrogen) atoms. The van der Waals surface area contributed by atoms with E-state index in [9.17, 15) is 10.1 Å². The van der Waals surface area contributed by atoms with Gasteiger partial charge in [-0.25, -0.2) is 9.97 Å². The monoisotopic (exact) mass is 276 g/mol. The van der Waals surface area contributed by atoms with Crippen molar-refractivity contribution in [2.24, 2.45) is 0 Å². The molecule has 0 aliphatic carbocycles. The fourth-order valence-electron chi connectivity index (χ4n) is 1.73. The normalized spacial score (nSPS) is 10.5. The van der Waals surface area contributed by atoms with Crippen molar-refractivity contribution in [2.45, 2.75) is 26.8 Å². The third-order valence-corrected chi connectivity index (χ3v) is 2.57. The molecule has 8 heteroatoms. The second-order valence-electron chi connectivity index (χ2n) is 4.37. The lowest BCUT2D eigenvalue weighted by molar-refractivity contribution is -0.389. The van der Waals surface area contributed by atoms with Gasteiger partial charge in [-0.2, -0.15) is 4.68 Å². The Kier molecular flexibility index (Phi) is 4.24. The van der Waals surface area contributed by atoms with Crippen LogP contribution in [0.1, 0.15) is 24.9 Å². The lowest BCUT2D eigenvalue weighted by Crippen LogP contribution is -2.09. The first-order chi connectivity index (χ1) is 9.58. The first kappa shape index (κ1) is 13.9. The van der Waals surface area contributed by atoms with E-state index in [0.29, 0.717) is 12.4 Å². The molecular weight excluding hydrogens is 260 g/mol. The maximum absolute atomic E-state index is 10.6. The van der Waals surface area contributed by atoms with Crippen molar-refractivity contribution in [1.82, 2.24) is 19.7 Å². The number of rotatable bonds is 6. The Morgan fingerprint density at radius 3 is 2.90 bits per heavy atom. The van der Waals surface area contributed by atoms with Crippen molar-refractivity contribution < 1.29 is 4.92 Å². The minimum Gasteiger partial charge on any atom is -0.370 e. The van der Waals surface area contributed by atoms with Crippen LogP contribution in [0.3, 0.4) is 0 Å². The summed E-state index contributed by atoms with van der Waals surface area (Å²) in [6.07, 6.45) is 2.55. The summed E-state index contributed by atoms with van der Waals surface area (Å²) in [6.45, 7) is 5.10. The zero-order valence-corrected chi connectivity index (χ0v) is 11.4. The molecule has 1 N–H and O–H groups in total. The second-order valence-corrected chi connectivity index (χ2v) is 4.37. The number of nitrogens with zero attached hydrogens (tertiary/aromatic N) is 5. The first-order valence-electron chi connectivity index (χ1n) is 6.34. The van der Waals surface area contributed by atoms with Crippen LogP contribution >= 0.6 is 0 Å². The molecule has 2 aromatic rings. The molecule has 0 radical (unpaired) electrons. The predicted octanol–water partition coefficient (Wildman–Crippen LogP) is 1.76. The molecule has 0 atom stereocenters. The van der Waals surface area contributed by atoms with Crippen LogP contribution in [0.2, 0.25) is 0 Å². The highest BCUT2D eigenvalue weighted by atomic mass is 16.6. The van der Waals surface area contributed by atoms with E-state index in [2.05, 4.69) is 27.3 Å². The average molecular weight is 276 g/mol. The molecule has 0 aliphatic rings. The van der Waals surface area contributed by atoms with Crippen LogP contribution in [0.5, 0.6) is 0 Å². The van der Waals surface area contributed by atoms with Gasteiger partial charge in [0, 0.05) is 18.3 Å². The van der Waals surface area contributed by atoms with Gasteiger partial charge in [0.2, 0.25) is 0 Å². The molecule has 0 bridgehead atoms. The van der Waals surface area contributed by atoms with Gasteiger partial charge in [-0.05, 0) is 18.3 Å². The number of hydrogen-bond donors (Lipinski definition) is 1. The quantitative estimate of drug-likeness (QED) is 0.637. The van der Waals surface area contributed by atoms with E-state index in [1.807, 2.05) is 13.0 Å². The van der Waals surface area contributed by atoms with Crippen LogP contribution in [0.4, 0.5) is 11.6 Å². The minimum atomic E-state index is -0.526. The number of nitrogens with one attached hydrogen (secondary N) is 1. The molecular formula is C12H16N6O2. The molecule has 0 amide bonds. The lowest BCUT2D eigenvalue weighted by atomic mass is 10.4. The van der Waals surface area contributed by atoms with Gasteiger partial charge in [-0.15, -0.1) is 0 Å². The largest absolute Gasteiger partial charge is 0.389 e. The summed E-state index contributed by atoms with van der Waals surface area (Å²) in [5.41, 5.74) is 0.843. The molecule has 0 saturated carbocycles. The Bertz CT molecular complexity index is 610. The van der Waals surface area contributed by atoms with E-state index in [-0.39, 0.29) is 5.82 Å². The van der Waals surface area contributed by atoms with Gasteiger partial charge >= 0.3 is 5.82 Å². The second kappa shape index (κ2) is 6.09. The third kappa shape index (κ3) is 3.50. The van der Waals surface area contributed by atoms with Gasteiger partial charge in [0.05, 0.1) is 17.4 Å². The van der Waals surface area contributed by atoms with Crippen molar-refractivity contribution >= 4 is 11.6 Å². The van der Waals surface area contributed by atoms with Crippen molar-refractivity contribution in [3.05, 3.63) is 40.0 Å². The number of nitro groups is 1. The molecule has 0 aromatic carbocycles. The van der Waals surface area contributed by atoms with Crippen LogP contribution in [-0.4, -0.2) is 31.2 Å². The molecule has 0 unspecified atom stereocenters. The SMILES string of the molecule is CCCNc1cc(C)nc(Cn2ccc([N+](=O)[O-])n2)n1. The summed E-state index contributed by atoms with van der Waals surface area (Å²) in [5.74, 6) is 1.15. The van der Waals surface area contributed by atoms with Gasteiger partial charge in [0.25, 0.3) is 0 Å². The van der Waals surface area contributed by atoms with E-state index >= 15 is 0 Å². The summed E-state index contributed by atoms with van der Waals surface area (Å²) in [4.78, 5) is 18.7. The topological polar surface area (TPSA) is 98.8 Å². The van der Waals surface area contributed by atoms with Crippen LogP contribution in [0.25, 0.3) is 0 Å². The molecule has 0 fully saturated rings. The Labute approximate surface area is 116 Å². The average Bonchev–Trinajstić information content (AvgIpc) is 2.84. The van der Waals surface area contributed by atoms with E-state index < -0.39 is 4.92 Å². The standard InChI is InChI=1S/C12H16N6O2/c1-3-5-13-10-7-9(2)14-11(15-10)8-17-6-4-12(16-17)18(19)20/h4,6-7H,3,5,8H2,1-2H3,(H,13,14,15). The van der Waals surface area contributed by atoms with E-state index in [1.54, 1.807) is 6.20 Å². The maximum Gasteiger partial charge on any atom is 0.389 e. The van der Waals surface area contributed by atoms with Crippen molar-refractivity contribution in [1.29, 1.82) is 0 Å². The summed E-state index contributed by atoms with van der Waals surface area (Å²) >= 11 is 0. The Balaban J connectivity index is 2.15. The highest BCUT2D eigenvalue weighted by Crippen LogP contribution is 2.09. The van der Waals surface area contributed by atoms with Gasteiger partial charge in [-0.1, -0.05) is 6.92 Å². The smallest absolute Gasteiger partial charge is 0.370 e. The Morgan fingerprint density at radius 2 is 2.25 bits per heavy atom. The fraction of sp³-hybridized carbons (Fsp3) is 0.417. The highest BCUT2D eigenvalue weighted by Gasteiger charge is 2.12. The molecule has 0 saturated heterocycles. The fourth-order valence-corrected chi connectivity index (χ4v) is 1.73.